The summed E-state index contributed by atoms with van der Waals surface area (Å²) in [7, 11) is 0. The minimum Gasteiger partial charge on any atom is -0.381 e. The van der Waals surface area contributed by atoms with Crippen LogP contribution in [-0.4, -0.2) is 22.5 Å². The first-order valence-corrected chi connectivity index (χ1v) is 7.69. The molecule has 0 spiro atoms. The first-order chi connectivity index (χ1) is 8.45. The Bertz CT molecular complexity index is 440. The van der Waals surface area contributed by atoms with Crippen LogP contribution < -0.4 is 5.32 Å². The molecule has 0 saturated heterocycles. The monoisotopic (exact) mass is 332 g/mol. The molecule has 1 rings (SSSR count). The maximum Gasteiger partial charge on any atom is 0.273 e. The number of nitrogens with zero attached hydrogens (tertiary/aromatic N) is 1. The average Bonchev–Trinajstić information content (AvgIpc) is 2.30. The molecule has 1 atom stereocenters. The van der Waals surface area contributed by atoms with Crippen molar-refractivity contribution in [1.29, 1.82) is 0 Å². The molecule has 6 heteroatoms. The molecule has 0 amide bonds. The molecule has 4 nitrogen and oxygen atoms in total. The number of rotatable bonds is 6. The van der Waals surface area contributed by atoms with Crippen molar-refractivity contribution in [1.82, 2.24) is 0 Å². The van der Waals surface area contributed by atoms with Gasteiger partial charge in [0.1, 0.15) is 0 Å². The van der Waals surface area contributed by atoms with E-state index in [0.29, 0.717) is 11.6 Å². The zero-order valence-corrected chi connectivity index (χ0v) is 13.1. The molecule has 0 aliphatic heterocycles. The van der Waals surface area contributed by atoms with Crippen LogP contribution >= 0.6 is 27.7 Å². The maximum absolute atomic E-state index is 10.8. The van der Waals surface area contributed by atoms with E-state index in [2.05, 4.69) is 35.1 Å². The van der Waals surface area contributed by atoms with Gasteiger partial charge in [-0.3, -0.25) is 10.1 Å². The van der Waals surface area contributed by atoms with E-state index in [1.165, 1.54) is 0 Å². The second kappa shape index (κ2) is 6.99. The molecule has 18 heavy (non-hydrogen) atoms. The minimum absolute atomic E-state index is 0.142. The molecule has 1 N–H and O–H groups in total. The minimum atomic E-state index is -0.361. The van der Waals surface area contributed by atoms with Crippen molar-refractivity contribution in [2.75, 3.05) is 16.8 Å². The number of hydrogen-bond acceptors (Lipinski definition) is 4. The van der Waals surface area contributed by atoms with Gasteiger partial charge in [-0.2, -0.15) is 11.8 Å². The standard InChI is InChI=1S/C12H17BrN2O2S/c1-4-18-7-9(3)14-11-5-8(2)12(15(16)17)6-10(11)13/h5-6,9,14H,4,7H2,1-3H3. The molecule has 0 fully saturated rings. The summed E-state index contributed by atoms with van der Waals surface area (Å²) in [5.41, 5.74) is 1.71. The van der Waals surface area contributed by atoms with Crippen molar-refractivity contribution in [2.24, 2.45) is 0 Å². The predicted octanol–water partition coefficient (Wildman–Crippen LogP) is 4.22. The highest BCUT2D eigenvalue weighted by atomic mass is 79.9. The quantitative estimate of drug-likeness (QED) is 0.625. The topological polar surface area (TPSA) is 55.2 Å². The molecule has 0 heterocycles. The number of nitro benzene ring substituents is 1. The third-order valence-corrected chi connectivity index (χ3v) is 4.26. The zero-order chi connectivity index (χ0) is 13.7. The summed E-state index contributed by atoms with van der Waals surface area (Å²) in [4.78, 5) is 10.4. The van der Waals surface area contributed by atoms with Gasteiger partial charge in [0.25, 0.3) is 5.69 Å². The maximum atomic E-state index is 10.8. The molecule has 1 aromatic carbocycles. The average molecular weight is 333 g/mol. The second-order valence-corrected chi connectivity index (χ2v) is 6.25. The molecular weight excluding hydrogens is 316 g/mol. The fraction of sp³-hybridized carbons (Fsp3) is 0.500. The smallest absolute Gasteiger partial charge is 0.273 e. The highest BCUT2D eigenvalue weighted by Gasteiger charge is 2.15. The summed E-state index contributed by atoms with van der Waals surface area (Å²) in [6.07, 6.45) is 0. The van der Waals surface area contributed by atoms with Gasteiger partial charge >= 0.3 is 0 Å². The Morgan fingerprint density at radius 1 is 1.56 bits per heavy atom. The van der Waals surface area contributed by atoms with E-state index in [0.717, 1.165) is 21.7 Å². The van der Waals surface area contributed by atoms with Gasteiger partial charge < -0.3 is 5.32 Å². The molecule has 0 radical (unpaired) electrons. The molecular formula is C12H17BrN2O2S. The van der Waals surface area contributed by atoms with Crippen LogP contribution in [0.3, 0.4) is 0 Å². The number of anilines is 1. The van der Waals surface area contributed by atoms with Crippen LogP contribution in [0.5, 0.6) is 0 Å². The molecule has 1 unspecified atom stereocenters. The van der Waals surface area contributed by atoms with E-state index in [-0.39, 0.29) is 10.6 Å². The summed E-state index contributed by atoms with van der Waals surface area (Å²) in [5, 5.41) is 14.2. The van der Waals surface area contributed by atoms with Gasteiger partial charge in [-0.05, 0) is 41.6 Å². The summed E-state index contributed by atoms with van der Waals surface area (Å²) < 4.78 is 0.730. The lowest BCUT2D eigenvalue weighted by Gasteiger charge is -2.16. The van der Waals surface area contributed by atoms with Gasteiger partial charge in [-0.25, -0.2) is 0 Å². The molecule has 100 valence electrons. The van der Waals surface area contributed by atoms with Crippen molar-refractivity contribution in [3.8, 4) is 0 Å². The van der Waals surface area contributed by atoms with E-state index in [1.807, 2.05) is 17.8 Å². The van der Waals surface area contributed by atoms with Crippen LogP contribution in [0.1, 0.15) is 19.4 Å². The predicted molar refractivity (Wildman–Crippen MR) is 81.6 cm³/mol. The lowest BCUT2D eigenvalue weighted by molar-refractivity contribution is -0.385. The van der Waals surface area contributed by atoms with E-state index in [9.17, 15) is 10.1 Å². The van der Waals surface area contributed by atoms with Crippen LogP contribution in [0.4, 0.5) is 11.4 Å². The zero-order valence-electron chi connectivity index (χ0n) is 10.7. The third-order valence-electron chi connectivity index (χ3n) is 2.46. The molecule has 1 aromatic rings. The fourth-order valence-corrected chi connectivity index (χ4v) is 2.70. The van der Waals surface area contributed by atoms with E-state index >= 15 is 0 Å². The van der Waals surface area contributed by atoms with Crippen LogP contribution in [0.25, 0.3) is 0 Å². The summed E-state index contributed by atoms with van der Waals surface area (Å²) in [6, 6.07) is 3.69. The number of hydrogen-bond donors (Lipinski definition) is 1. The van der Waals surface area contributed by atoms with Crippen LogP contribution in [0.2, 0.25) is 0 Å². The van der Waals surface area contributed by atoms with Gasteiger partial charge in [0.15, 0.2) is 0 Å². The Kier molecular flexibility index (Phi) is 5.95. The highest BCUT2D eigenvalue weighted by Crippen LogP contribution is 2.31. The number of benzene rings is 1. The Labute approximate surface area is 120 Å². The third kappa shape index (κ3) is 4.17. The largest absolute Gasteiger partial charge is 0.381 e. The van der Waals surface area contributed by atoms with Gasteiger partial charge in [0.2, 0.25) is 0 Å². The highest BCUT2D eigenvalue weighted by molar-refractivity contribution is 9.10. The van der Waals surface area contributed by atoms with Crippen molar-refractivity contribution >= 4 is 39.1 Å². The van der Waals surface area contributed by atoms with Crippen molar-refractivity contribution in [3.63, 3.8) is 0 Å². The first-order valence-electron chi connectivity index (χ1n) is 5.74. The van der Waals surface area contributed by atoms with Crippen LogP contribution in [0.15, 0.2) is 16.6 Å². The Morgan fingerprint density at radius 3 is 2.78 bits per heavy atom. The van der Waals surface area contributed by atoms with Crippen molar-refractivity contribution < 1.29 is 4.92 Å². The lowest BCUT2D eigenvalue weighted by Crippen LogP contribution is -2.18. The Hall–Kier alpha value is -0.750. The van der Waals surface area contributed by atoms with Gasteiger partial charge in [0.05, 0.1) is 4.92 Å². The van der Waals surface area contributed by atoms with Crippen molar-refractivity contribution in [3.05, 3.63) is 32.3 Å². The fourth-order valence-electron chi connectivity index (χ4n) is 1.58. The van der Waals surface area contributed by atoms with Crippen LogP contribution in [0, 0.1) is 17.0 Å². The number of halogens is 1. The summed E-state index contributed by atoms with van der Waals surface area (Å²) in [5.74, 6) is 2.10. The van der Waals surface area contributed by atoms with E-state index < -0.39 is 0 Å². The number of aryl methyl sites for hydroxylation is 1. The number of thioether (sulfide) groups is 1. The molecule has 0 bridgehead atoms. The van der Waals surface area contributed by atoms with Gasteiger partial charge in [-0.1, -0.05) is 6.92 Å². The van der Waals surface area contributed by atoms with E-state index in [4.69, 9.17) is 0 Å². The Morgan fingerprint density at radius 2 is 2.22 bits per heavy atom. The molecule has 0 aromatic heterocycles. The lowest BCUT2D eigenvalue weighted by atomic mass is 10.1. The summed E-state index contributed by atoms with van der Waals surface area (Å²) in [6.45, 7) is 5.98. The molecule has 0 saturated carbocycles. The summed E-state index contributed by atoms with van der Waals surface area (Å²) >= 11 is 5.24. The van der Waals surface area contributed by atoms with Gasteiger partial charge in [-0.15, -0.1) is 0 Å². The number of nitrogens with one attached hydrogen (secondary N) is 1. The SMILES string of the molecule is CCSCC(C)Nc1cc(C)c([N+](=O)[O-])cc1Br. The first kappa shape index (κ1) is 15.3. The Balaban J connectivity index is 2.84. The molecule has 0 aliphatic rings. The number of nitro groups is 1. The normalized spacial score (nSPS) is 12.2. The van der Waals surface area contributed by atoms with E-state index in [1.54, 1.807) is 13.0 Å². The van der Waals surface area contributed by atoms with Crippen LogP contribution in [-0.2, 0) is 0 Å². The molecule has 0 aliphatic carbocycles. The van der Waals surface area contributed by atoms with Crippen molar-refractivity contribution in [2.45, 2.75) is 26.8 Å². The second-order valence-electron chi connectivity index (χ2n) is 4.08. The van der Waals surface area contributed by atoms with Gasteiger partial charge in [0, 0.05) is 33.6 Å².